The van der Waals surface area contributed by atoms with E-state index in [2.05, 4.69) is 0 Å². The molecule has 3 nitrogen and oxygen atoms in total. The van der Waals surface area contributed by atoms with Crippen LogP contribution in [0.25, 0.3) is 0 Å². The van der Waals surface area contributed by atoms with Crippen LogP contribution in [0.5, 0.6) is 0 Å². The third-order valence-electron chi connectivity index (χ3n) is 1.62. The predicted molar refractivity (Wildman–Crippen MR) is 43.8 cm³/mol. The van der Waals surface area contributed by atoms with Crippen molar-refractivity contribution in [3.8, 4) is 0 Å². The van der Waals surface area contributed by atoms with Crippen LogP contribution in [0, 0.1) is 0 Å². The lowest BCUT2D eigenvalue weighted by Crippen LogP contribution is -1.98. The Balaban J connectivity index is 3.09. The van der Waals surface area contributed by atoms with Crippen LogP contribution >= 0.6 is 0 Å². The minimum atomic E-state index is -4.28. The second-order valence-corrected chi connectivity index (χ2v) is 3.83. The molecule has 0 unspecified atom stereocenters. The van der Waals surface area contributed by atoms with Gasteiger partial charge in [-0.05, 0) is 24.1 Å². The van der Waals surface area contributed by atoms with E-state index in [4.69, 9.17) is 0 Å². The van der Waals surface area contributed by atoms with E-state index >= 15 is 0 Å². The number of rotatable bonds is 2. The highest BCUT2D eigenvalue weighted by atomic mass is 32.2. The van der Waals surface area contributed by atoms with Crippen molar-refractivity contribution in [3.05, 3.63) is 29.8 Å². The Morgan fingerprint density at radius 2 is 1.75 bits per heavy atom. The van der Waals surface area contributed by atoms with Gasteiger partial charge in [0.25, 0.3) is 0 Å². The van der Waals surface area contributed by atoms with Crippen molar-refractivity contribution in [2.75, 3.05) is 0 Å². The largest absolute Gasteiger partial charge is 0.744 e. The molecule has 4 heteroatoms. The van der Waals surface area contributed by atoms with E-state index in [9.17, 15) is 13.0 Å². The van der Waals surface area contributed by atoms with Gasteiger partial charge in [-0.15, -0.1) is 0 Å². The average molecular weight is 185 g/mol. The maximum Gasteiger partial charge on any atom is 0.124 e. The van der Waals surface area contributed by atoms with Crippen LogP contribution < -0.4 is 0 Å². The van der Waals surface area contributed by atoms with E-state index in [0.29, 0.717) is 0 Å². The highest BCUT2D eigenvalue weighted by molar-refractivity contribution is 7.85. The molecular formula is C8H9O3S-. The first kappa shape index (κ1) is 9.22. The molecule has 0 fully saturated rings. The molecule has 0 saturated carbocycles. The van der Waals surface area contributed by atoms with Crippen LogP contribution in [0.4, 0.5) is 0 Å². The van der Waals surface area contributed by atoms with Crippen LogP contribution in [0.2, 0.25) is 0 Å². The Hall–Kier alpha value is -0.870. The lowest BCUT2D eigenvalue weighted by Gasteiger charge is -2.06. The third-order valence-corrected chi connectivity index (χ3v) is 2.47. The van der Waals surface area contributed by atoms with Crippen LogP contribution in [0.1, 0.15) is 12.5 Å². The number of benzene rings is 1. The van der Waals surface area contributed by atoms with Crippen LogP contribution in [0.15, 0.2) is 29.2 Å². The summed E-state index contributed by atoms with van der Waals surface area (Å²) in [7, 11) is -4.28. The molecule has 0 bridgehead atoms. The monoisotopic (exact) mass is 185 g/mol. The molecule has 0 radical (unpaired) electrons. The Labute approximate surface area is 71.8 Å². The zero-order valence-corrected chi connectivity index (χ0v) is 7.47. The molecular weight excluding hydrogens is 176 g/mol. The highest BCUT2D eigenvalue weighted by Gasteiger charge is 1.98. The lowest BCUT2D eigenvalue weighted by atomic mass is 10.2. The van der Waals surface area contributed by atoms with Crippen molar-refractivity contribution in [3.63, 3.8) is 0 Å². The van der Waals surface area contributed by atoms with Crippen molar-refractivity contribution >= 4 is 10.1 Å². The molecule has 1 aromatic carbocycles. The summed E-state index contributed by atoms with van der Waals surface area (Å²) in [5.41, 5.74) is 1.02. The molecule has 0 N–H and O–H groups in total. The molecule has 0 amide bonds. The summed E-state index contributed by atoms with van der Waals surface area (Å²) in [5.74, 6) is 0. The van der Waals surface area contributed by atoms with Gasteiger partial charge in [0.05, 0.1) is 4.90 Å². The van der Waals surface area contributed by atoms with E-state index in [-0.39, 0.29) is 4.90 Å². The second-order valence-electron chi connectivity index (χ2n) is 2.45. The quantitative estimate of drug-likeness (QED) is 0.649. The number of hydrogen-bond acceptors (Lipinski definition) is 3. The van der Waals surface area contributed by atoms with Crippen LogP contribution in [0.3, 0.4) is 0 Å². The normalized spacial score (nSPS) is 11.5. The fraction of sp³-hybridized carbons (Fsp3) is 0.250. The molecule has 0 aliphatic rings. The van der Waals surface area contributed by atoms with Gasteiger partial charge in [0, 0.05) is 0 Å². The zero-order valence-electron chi connectivity index (χ0n) is 6.65. The van der Waals surface area contributed by atoms with E-state index < -0.39 is 10.1 Å². The van der Waals surface area contributed by atoms with Crippen molar-refractivity contribution in [1.29, 1.82) is 0 Å². The Morgan fingerprint density at radius 1 is 1.25 bits per heavy atom. The summed E-state index contributed by atoms with van der Waals surface area (Å²) in [6.45, 7) is 1.96. The van der Waals surface area contributed by atoms with E-state index in [1.54, 1.807) is 12.1 Å². The summed E-state index contributed by atoms with van der Waals surface area (Å²) in [4.78, 5) is -0.167. The standard InChI is InChI=1S/C8H10O3S/c1-2-7-3-5-8(6-4-7)12(9,10)11/h3-6H,2H2,1H3,(H,9,10,11)/p-1. The first-order chi connectivity index (χ1) is 5.54. The van der Waals surface area contributed by atoms with Crippen molar-refractivity contribution < 1.29 is 13.0 Å². The zero-order chi connectivity index (χ0) is 9.19. The lowest BCUT2D eigenvalue weighted by molar-refractivity contribution is 0.463. The van der Waals surface area contributed by atoms with Gasteiger partial charge >= 0.3 is 0 Å². The minimum Gasteiger partial charge on any atom is -0.744 e. The summed E-state index contributed by atoms with van der Waals surface area (Å²) in [6, 6.07) is 5.96. The van der Waals surface area contributed by atoms with Crippen molar-refractivity contribution in [2.45, 2.75) is 18.2 Å². The summed E-state index contributed by atoms with van der Waals surface area (Å²) in [5, 5.41) is 0. The molecule has 12 heavy (non-hydrogen) atoms. The van der Waals surface area contributed by atoms with E-state index in [1.807, 2.05) is 6.92 Å². The fourth-order valence-electron chi connectivity index (χ4n) is 0.892. The van der Waals surface area contributed by atoms with Gasteiger partial charge in [-0.3, -0.25) is 0 Å². The van der Waals surface area contributed by atoms with Gasteiger partial charge in [-0.2, -0.15) is 0 Å². The van der Waals surface area contributed by atoms with Gasteiger partial charge < -0.3 is 4.55 Å². The van der Waals surface area contributed by atoms with E-state index in [0.717, 1.165) is 12.0 Å². The predicted octanol–water partition coefficient (Wildman–Crippen LogP) is 1.15. The molecule has 0 saturated heterocycles. The van der Waals surface area contributed by atoms with Gasteiger partial charge in [0.15, 0.2) is 0 Å². The molecule has 0 aliphatic carbocycles. The molecule has 0 atom stereocenters. The van der Waals surface area contributed by atoms with Gasteiger partial charge in [0.2, 0.25) is 0 Å². The van der Waals surface area contributed by atoms with Gasteiger partial charge in [0.1, 0.15) is 10.1 Å². The molecule has 0 aliphatic heterocycles. The van der Waals surface area contributed by atoms with Crippen molar-refractivity contribution in [1.82, 2.24) is 0 Å². The molecule has 0 aromatic heterocycles. The molecule has 1 aromatic rings. The molecule has 66 valence electrons. The summed E-state index contributed by atoms with van der Waals surface area (Å²) >= 11 is 0. The third kappa shape index (κ3) is 2.06. The van der Waals surface area contributed by atoms with Crippen LogP contribution in [-0.2, 0) is 16.5 Å². The van der Waals surface area contributed by atoms with Gasteiger partial charge in [-0.25, -0.2) is 8.42 Å². The molecule has 0 spiro atoms. The maximum absolute atomic E-state index is 10.5. The second kappa shape index (κ2) is 3.25. The minimum absolute atomic E-state index is 0.167. The fourth-order valence-corrected chi connectivity index (χ4v) is 1.36. The molecule has 0 heterocycles. The first-order valence-corrected chi connectivity index (χ1v) is 4.99. The van der Waals surface area contributed by atoms with Gasteiger partial charge in [-0.1, -0.05) is 19.1 Å². The number of hydrogen-bond donors (Lipinski definition) is 0. The summed E-state index contributed by atoms with van der Waals surface area (Å²) in [6.07, 6.45) is 0.833. The Bertz CT molecular complexity index is 350. The highest BCUT2D eigenvalue weighted by Crippen LogP contribution is 2.09. The Kier molecular flexibility index (Phi) is 2.49. The maximum atomic E-state index is 10.5. The smallest absolute Gasteiger partial charge is 0.124 e. The Morgan fingerprint density at radius 3 is 2.08 bits per heavy atom. The first-order valence-electron chi connectivity index (χ1n) is 3.59. The average Bonchev–Trinajstić information content (AvgIpc) is 2.03. The topological polar surface area (TPSA) is 57.2 Å². The SMILES string of the molecule is CCc1ccc(S(=O)(=O)[O-])cc1. The van der Waals surface area contributed by atoms with Crippen LogP contribution in [-0.4, -0.2) is 13.0 Å². The van der Waals surface area contributed by atoms with E-state index in [1.165, 1.54) is 12.1 Å². The summed E-state index contributed by atoms with van der Waals surface area (Å²) < 4.78 is 31.4. The molecule has 1 rings (SSSR count). The number of aryl methyl sites for hydroxylation is 1. The van der Waals surface area contributed by atoms with Crippen molar-refractivity contribution in [2.24, 2.45) is 0 Å².